The van der Waals surface area contributed by atoms with Crippen LogP contribution in [-0.4, -0.2) is 120 Å². The smallest absolute Gasteiger partial charge is 0.320 e. The van der Waals surface area contributed by atoms with E-state index in [1.165, 1.54) is 11.1 Å². The Morgan fingerprint density at radius 2 is 1.66 bits per heavy atom. The molecule has 2 saturated heterocycles. The van der Waals surface area contributed by atoms with Crippen molar-refractivity contribution in [3.05, 3.63) is 90.0 Å². The molecular formula is C37H43N7O7S2. The number of likely N-dealkylation sites (N-methyl/N-ethyl adjacent to an activating group) is 1. The van der Waals surface area contributed by atoms with Crippen LogP contribution in [0, 0.1) is 10.8 Å². The number of benzene rings is 1. The average Bonchev–Trinajstić information content (AvgIpc) is 3.14. The van der Waals surface area contributed by atoms with Crippen molar-refractivity contribution < 1.29 is 34.8 Å². The summed E-state index contributed by atoms with van der Waals surface area (Å²) in [7, 11) is 1.64. The maximum Gasteiger partial charge on any atom is 0.320 e. The molecule has 2 aliphatic heterocycles. The number of piperidine rings is 2. The summed E-state index contributed by atoms with van der Waals surface area (Å²) in [4.78, 5) is 56.5. The number of carboxylic acids is 3. The minimum atomic E-state index is -2.14. The standard InChI is InChI=1S/C37H43N7O7S2/c1-43-29(18-26-8-2-6-16-39-26)36(34(48)49)21-44(22-37(33(36)47,35(50)51)31(43)27-9-3-7-17-40-27)28(32(45)46)10-4-5-15-38-20-30(53)41-19-24-11-13-25(14-12-24)42-23-52/h2-3,6-9,11-14,16-17,28-29,31,33,38,47H,4-5,10,15,18-22H2,1H3,(H,41,53)(H,45,46)(H,48,49)(H,50,51)/t28-,29-,31+,33-,36?,37?/m0/s1. The van der Waals surface area contributed by atoms with Crippen LogP contribution in [0.4, 0.5) is 5.69 Å². The first-order chi connectivity index (χ1) is 25.4. The van der Waals surface area contributed by atoms with Crippen molar-refractivity contribution >= 4 is 58.2 Å². The number of rotatable bonds is 17. The number of thiocarbonyl (C=S) groups is 2. The molecule has 0 saturated carbocycles. The molecule has 14 nitrogen and oxygen atoms in total. The van der Waals surface area contributed by atoms with Gasteiger partial charge in [0.25, 0.3) is 0 Å². The van der Waals surface area contributed by atoms with Crippen molar-refractivity contribution in [1.29, 1.82) is 0 Å². The normalized spacial score (nSPS) is 24.8. The summed E-state index contributed by atoms with van der Waals surface area (Å²) in [6.07, 6.45) is 2.41. The van der Waals surface area contributed by atoms with E-state index in [-0.39, 0.29) is 19.4 Å². The number of carbonyl (C=O) groups is 3. The SMILES string of the molecule is CN1[C@@H](Cc2ccccn2)C2(C(=O)O)CN([C@@H](CCCCNCC(=S)NCc3ccc(N=C=S)cc3)C(=O)O)CC(C(=O)O)([C@H]2O)[C@H]1c1ccccn1. The van der Waals surface area contributed by atoms with Gasteiger partial charge in [0, 0.05) is 56.7 Å². The van der Waals surface area contributed by atoms with Crippen molar-refractivity contribution in [3.63, 3.8) is 0 Å². The molecule has 0 aliphatic carbocycles. The van der Waals surface area contributed by atoms with E-state index in [1.54, 1.807) is 54.5 Å². The van der Waals surface area contributed by atoms with E-state index < -0.39 is 59.5 Å². The molecule has 280 valence electrons. The van der Waals surface area contributed by atoms with E-state index in [9.17, 15) is 34.8 Å². The van der Waals surface area contributed by atoms with Gasteiger partial charge in [0.15, 0.2) is 0 Å². The first-order valence-corrected chi connectivity index (χ1v) is 18.1. The van der Waals surface area contributed by atoms with Gasteiger partial charge in [-0.05, 0) is 80.6 Å². The van der Waals surface area contributed by atoms with Crippen molar-refractivity contribution in [1.82, 2.24) is 30.4 Å². The third kappa shape index (κ3) is 8.34. The first-order valence-electron chi connectivity index (χ1n) is 17.2. The number of fused-ring (bicyclic) bond motifs is 2. The van der Waals surface area contributed by atoms with E-state index in [1.807, 2.05) is 24.3 Å². The van der Waals surface area contributed by atoms with E-state index >= 15 is 0 Å². The number of aliphatic hydroxyl groups excluding tert-OH is 1. The molecule has 2 unspecified atom stereocenters. The van der Waals surface area contributed by atoms with Crippen LogP contribution in [0.25, 0.3) is 0 Å². The van der Waals surface area contributed by atoms with E-state index in [4.69, 9.17) is 12.2 Å². The highest BCUT2D eigenvalue weighted by molar-refractivity contribution is 7.80. The van der Waals surface area contributed by atoms with Crippen molar-refractivity contribution in [2.45, 2.75) is 56.5 Å². The molecule has 2 fully saturated rings. The summed E-state index contributed by atoms with van der Waals surface area (Å²) in [5.74, 6) is -4.05. The molecule has 53 heavy (non-hydrogen) atoms. The fraction of sp³-hybridized carbons (Fsp3) is 0.432. The fourth-order valence-electron chi connectivity index (χ4n) is 7.95. The summed E-state index contributed by atoms with van der Waals surface area (Å²) in [5.41, 5.74) is -1.64. The van der Waals surface area contributed by atoms with Crippen LogP contribution in [0.5, 0.6) is 0 Å². The minimum Gasteiger partial charge on any atom is -0.481 e. The molecular weight excluding hydrogens is 719 g/mol. The number of aliphatic carboxylic acids is 3. The molecule has 6 N–H and O–H groups in total. The molecule has 1 aromatic carbocycles. The van der Waals surface area contributed by atoms with Crippen LogP contribution >= 0.6 is 24.4 Å². The second-order valence-corrected chi connectivity index (χ2v) is 14.2. The Bertz CT molecular complexity index is 1820. The minimum absolute atomic E-state index is 0.0589. The topological polar surface area (TPSA) is 201 Å². The van der Waals surface area contributed by atoms with Gasteiger partial charge in [-0.15, -0.1) is 0 Å². The maximum absolute atomic E-state index is 13.5. The number of hydrogen-bond acceptors (Lipinski definition) is 12. The van der Waals surface area contributed by atoms with Crippen molar-refractivity contribution in [3.8, 4) is 0 Å². The van der Waals surface area contributed by atoms with Gasteiger partial charge in [0.05, 0.1) is 33.7 Å². The Kier molecular flexibility index (Phi) is 13.1. The number of isothiocyanates is 1. The van der Waals surface area contributed by atoms with E-state index in [2.05, 4.69) is 43.0 Å². The number of pyridine rings is 2. The van der Waals surface area contributed by atoms with Crippen LogP contribution in [-0.2, 0) is 27.3 Å². The number of carboxylic acid groups (broad SMARTS) is 3. The fourth-order valence-corrected chi connectivity index (χ4v) is 8.23. The number of aliphatic imine (C=N–C) groups is 1. The van der Waals surface area contributed by atoms with Gasteiger partial charge < -0.3 is 31.1 Å². The quantitative estimate of drug-likeness (QED) is 0.0666. The molecule has 5 rings (SSSR count). The zero-order valence-corrected chi connectivity index (χ0v) is 30.8. The predicted molar refractivity (Wildman–Crippen MR) is 203 cm³/mol. The Balaban J connectivity index is 1.32. The molecule has 2 bridgehead atoms. The number of aliphatic hydroxyl groups is 1. The third-order valence-corrected chi connectivity index (χ3v) is 10.9. The summed E-state index contributed by atoms with van der Waals surface area (Å²) < 4.78 is 0. The Morgan fingerprint density at radius 3 is 2.26 bits per heavy atom. The van der Waals surface area contributed by atoms with Crippen LogP contribution in [0.2, 0.25) is 0 Å². The predicted octanol–water partition coefficient (Wildman–Crippen LogP) is 2.96. The lowest BCUT2D eigenvalue weighted by atomic mass is 9.53. The second kappa shape index (κ2) is 17.5. The highest BCUT2D eigenvalue weighted by atomic mass is 32.1. The second-order valence-electron chi connectivity index (χ2n) is 13.5. The number of likely N-dealkylation sites (tertiary alicyclic amines) is 2. The van der Waals surface area contributed by atoms with Crippen LogP contribution in [0.1, 0.15) is 42.3 Å². The van der Waals surface area contributed by atoms with E-state index in [0.717, 1.165) is 5.56 Å². The van der Waals surface area contributed by atoms with Crippen molar-refractivity contribution in [2.24, 2.45) is 15.8 Å². The number of aromatic nitrogens is 2. The molecule has 4 heterocycles. The van der Waals surface area contributed by atoms with Crippen LogP contribution in [0.15, 0.2) is 78.0 Å². The summed E-state index contributed by atoms with van der Waals surface area (Å²) >= 11 is 10.1. The van der Waals surface area contributed by atoms with E-state index in [0.29, 0.717) is 54.5 Å². The van der Waals surface area contributed by atoms with Gasteiger partial charge in [0.1, 0.15) is 16.9 Å². The number of nitrogens with zero attached hydrogens (tertiary/aromatic N) is 5. The highest BCUT2D eigenvalue weighted by Crippen LogP contribution is 2.58. The third-order valence-electron chi connectivity index (χ3n) is 10.5. The number of nitrogens with one attached hydrogen (secondary N) is 2. The molecule has 2 aliphatic rings. The Morgan fingerprint density at radius 1 is 0.981 bits per heavy atom. The number of unbranched alkanes of at least 4 members (excludes halogenated alkanes) is 1. The molecule has 2 aromatic heterocycles. The monoisotopic (exact) mass is 761 g/mol. The molecule has 6 atom stereocenters. The number of hydrogen-bond donors (Lipinski definition) is 6. The highest BCUT2D eigenvalue weighted by Gasteiger charge is 2.74. The molecule has 0 spiro atoms. The van der Waals surface area contributed by atoms with Gasteiger partial charge in [-0.2, -0.15) is 4.99 Å². The Labute approximate surface area is 318 Å². The molecule has 0 radical (unpaired) electrons. The average molecular weight is 762 g/mol. The van der Waals surface area contributed by atoms with Crippen LogP contribution < -0.4 is 10.6 Å². The Hall–Kier alpha value is -4.54. The van der Waals surface area contributed by atoms with Gasteiger partial charge in [-0.3, -0.25) is 34.2 Å². The van der Waals surface area contributed by atoms with Gasteiger partial charge >= 0.3 is 17.9 Å². The summed E-state index contributed by atoms with van der Waals surface area (Å²) in [6, 6.07) is 14.4. The van der Waals surface area contributed by atoms with Gasteiger partial charge in [0.2, 0.25) is 0 Å². The molecule has 0 amide bonds. The molecule has 3 aromatic rings. The largest absolute Gasteiger partial charge is 0.481 e. The first kappa shape index (κ1) is 39.7. The van der Waals surface area contributed by atoms with Gasteiger partial charge in [-0.25, -0.2) is 0 Å². The zero-order valence-electron chi connectivity index (χ0n) is 29.2. The summed E-state index contributed by atoms with van der Waals surface area (Å²) in [5, 5.41) is 53.5. The lowest BCUT2D eigenvalue weighted by Crippen LogP contribution is -2.80. The zero-order chi connectivity index (χ0) is 38.2. The lowest BCUT2D eigenvalue weighted by molar-refractivity contribution is -0.248. The van der Waals surface area contributed by atoms with Crippen LogP contribution in [0.3, 0.4) is 0 Å². The van der Waals surface area contributed by atoms with Crippen molar-refractivity contribution in [2.75, 3.05) is 33.2 Å². The molecule has 16 heteroatoms. The maximum atomic E-state index is 13.5. The lowest BCUT2D eigenvalue weighted by Gasteiger charge is -2.64. The van der Waals surface area contributed by atoms with Gasteiger partial charge in [-0.1, -0.05) is 42.9 Å². The summed E-state index contributed by atoms with van der Waals surface area (Å²) in [6.45, 7) is 0.693.